The van der Waals surface area contributed by atoms with Crippen LogP contribution in [0.25, 0.3) is 10.8 Å². The number of anilines is 1. The Labute approximate surface area is 188 Å². The molecule has 2 unspecified atom stereocenters. The van der Waals surface area contributed by atoms with Gasteiger partial charge in [0.05, 0.1) is 6.42 Å². The van der Waals surface area contributed by atoms with Crippen LogP contribution in [0, 0.1) is 0 Å². The minimum Gasteiger partial charge on any atom is -0.755 e. The summed E-state index contributed by atoms with van der Waals surface area (Å²) < 4.78 is 36.9. The van der Waals surface area contributed by atoms with Crippen molar-refractivity contribution >= 4 is 33.7 Å². The second kappa shape index (κ2) is 9.84. The van der Waals surface area contributed by atoms with Crippen molar-refractivity contribution in [2.45, 2.75) is 31.7 Å². The first kappa shape index (κ1) is 21.9. The molecule has 2 atom stereocenters. The third-order valence-corrected chi connectivity index (χ3v) is 6.05. The molecule has 0 radical (unpaired) electrons. The number of hydrogen-bond donors (Lipinski definition) is 1. The molecule has 0 spiro atoms. The van der Waals surface area contributed by atoms with Crippen LogP contribution in [0.5, 0.6) is 0 Å². The molecule has 8 heteroatoms. The average molecular weight is 453 g/mol. The molecule has 2 aromatic rings. The molecular weight excluding hydrogens is 430 g/mol. The topological polar surface area (TPSA) is 99.1 Å². The molecule has 2 aromatic carbocycles. The molecule has 1 N–H and O–H groups in total. The number of benzene rings is 2. The number of fused-ring (bicyclic) bond motifs is 1. The molecule has 0 amide bonds. The molecule has 0 bridgehead atoms. The summed E-state index contributed by atoms with van der Waals surface area (Å²) in [6, 6.07) is 11.6. The van der Waals surface area contributed by atoms with Crippen molar-refractivity contribution < 1.29 is 28.1 Å². The summed E-state index contributed by atoms with van der Waals surface area (Å²) in [5, 5.41) is 11.3. The monoisotopic (exact) mass is 452 g/mol. The highest BCUT2D eigenvalue weighted by atomic mass is 32.2. The van der Waals surface area contributed by atoms with Crippen LogP contribution in [0.15, 0.2) is 90.3 Å². The quantitative estimate of drug-likeness (QED) is 0.584. The molecule has 2 aliphatic rings. The SMILES string of the molecule is O=C(O)CC(C1=COC=C(CC2=CC=CCC2)O1)N(c1ccc2ccccc2c1)S(=O)[O-]. The van der Waals surface area contributed by atoms with E-state index in [1.165, 1.54) is 12.5 Å². The first-order chi connectivity index (χ1) is 15.5. The van der Waals surface area contributed by atoms with E-state index < -0.39 is 29.7 Å². The van der Waals surface area contributed by atoms with Gasteiger partial charge in [0.15, 0.2) is 5.76 Å². The molecule has 7 nitrogen and oxygen atoms in total. The van der Waals surface area contributed by atoms with Crippen LogP contribution in [-0.2, 0) is 25.5 Å². The minimum atomic E-state index is -2.76. The number of aliphatic carboxylic acids is 1. The van der Waals surface area contributed by atoms with E-state index in [2.05, 4.69) is 6.08 Å². The van der Waals surface area contributed by atoms with E-state index in [-0.39, 0.29) is 5.76 Å². The fraction of sp³-hybridized carbons (Fsp3) is 0.208. The highest BCUT2D eigenvalue weighted by Crippen LogP contribution is 2.32. The standard InChI is InChI=1S/C24H23NO6S/c26-24(27)14-22(23-16-30-15-21(31-23)12-17-6-2-1-3-7-17)25(32(28)29)20-11-10-18-8-4-5-9-19(18)13-20/h1-2,4-6,8-11,13,15-16,22H,3,7,12,14H2,(H,26,27)(H,28,29)/p-1. The maximum absolute atomic E-state index is 12.3. The van der Waals surface area contributed by atoms with Gasteiger partial charge in [-0.2, -0.15) is 0 Å². The van der Waals surface area contributed by atoms with Gasteiger partial charge in [-0.15, -0.1) is 0 Å². The smallest absolute Gasteiger partial charge is 0.305 e. The Morgan fingerprint density at radius 2 is 2.00 bits per heavy atom. The summed E-state index contributed by atoms with van der Waals surface area (Å²) in [5.41, 5.74) is 1.49. The molecule has 0 aromatic heterocycles. The van der Waals surface area contributed by atoms with Crippen LogP contribution in [0.3, 0.4) is 0 Å². The second-order valence-corrected chi connectivity index (χ2v) is 8.33. The van der Waals surface area contributed by atoms with Gasteiger partial charge in [-0.3, -0.25) is 13.3 Å². The Bertz CT molecular complexity index is 1170. The molecule has 4 rings (SSSR count). The van der Waals surface area contributed by atoms with Crippen molar-refractivity contribution in [1.82, 2.24) is 0 Å². The van der Waals surface area contributed by atoms with Gasteiger partial charge >= 0.3 is 5.97 Å². The zero-order valence-corrected chi connectivity index (χ0v) is 18.0. The molecular formula is C24H22NO6S-. The highest BCUT2D eigenvalue weighted by Gasteiger charge is 2.31. The molecule has 1 aliphatic carbocycles. The van der Waals surface area contributed by atoms with Gasteiger partial charge in [0.25, 0.3) is 0 Å². The zero-order chi connectivity index (χ0) is 22.5. The van der Waals surface area contributed by atoms with Gasteiger partial charge < -0.3 is 19.1 Å². The van der Waals surface area contributed by atoms with Crippen LogP contribution in [0.4, 0.5) is 5.69 Å². The van der Waals surface area contributed by atoms with Crippen molar-refractivity contribution in [2.24, 2.45) is 0 Å². The van der Waals surface area contributed by atoms with E-state index >= 15 is 0 Å². The summed E-state index contributed by atoms with van der Waals surface area (Å²) in [5.74, 6) is -0.546. The number of hydrogen-bond acceptors (Lipinski definition) is 5. The van der Waals surface area contributed by atoms with E-state index in [1.807, 2.05) is 36.4 Å². The van der Waals surface area contributed by atoms with Crippen LogP contribution < -0.4 is 4.31 Å². The lowest BCUT2D eigenvalue weighted by Gasteiger charge is -2.35. The fourth-order valence-electron chi connectivity index (χ4n) is 3.77. The van der Waals surface area contributed by atoms with Gasteiger partial charge in [0.1, 0.15) is 24.3 Å². The van der Waals surface area contributed by atoms with Crippen molar-refractivity contribution in [3.05, 3.63) is 90.3 Å². The normalized spacial score (nSPS) is 17.3. The maximum atomic E-state index is 12.3. The summed E-state index contributed by atoms with van der Waals surface area (Å²) >= 11 is -2.76. The highest BCUT2D eigenvalue weighted by molar-refractivity contribution is 7.80. The van der Waals surface area contributed by atoms with E-state index in [1.54, 1.807) is 18.2 Å². The lowest BCUT2D eigenvalue weighted by molar-refractivity contribution is -0.137. The fourth-order valence-corrected chi connectivity index (χ4v) is 4.44. The largest absolute Gasteiger partial charge is 0.755 e. The first-order valence-corrected chi connectivity index (χ1v) is 11.2. The Morgan fingerprint density at radius 1 is 1.19 bits per heavy atom. The van der Waals surface area contributed by atoms with Gasteiger partial charge in [-0.1, -0.05) is 54.1 Å². The van der Waals surface area contributed by atoms with E-state index in [0.717, 1.165) is 33.5 Å². The minimum absolute atomic E-state index is 0.120. The van der Waals surface area contributed by atoms with Gasteiger partial charge in [-0.05, 0) is 35.7 Å². The molecule has 0 fully saturated rings. The Balaban J connectivity index is 1.63. The molecule has 1 heterocycles. The third kappa shape index (κ3) is 5.09. The number of carboxylic acids is 1. The zero-order valence-electron chi connectivity index (χ0n) is 17.2. The molecule has 0 saturated heterocycles. The Kier molecular flexibility index (Phi) is 6.72. The van der Waals surface area contributed by atoms with Crippen molar-refractivity contribution in [3.63, 3.8) is 0 Å². The first-order valence-electron chi connectivity index (χ1n) is 10.2. The summed E-state index contributed by atoms with van der Waals surface area (Å²) in [6.45, 7) is 0. The average Bonchev–Trinajstić information content (AvgIpc) is 2.79. The second-order valence-electron chi connectivity index (χ2n) is 7.50. The van der Waals surface area contributed by atoms with E-state index in [4.69, 9.17) is 9.47 Å². The van der Waals surface area contributed by atoms with Crippen LogP contribution in [0.1, 0.15) is 25.7 Å². The number of rotatable bonds is 8. The van der Waals surface area contributed by atoms with Gasteiger partial charge in [0, 0.05) is 23.4 Å². The summed E-state index contributed by atoms with van der Waals surface area (Å²) in [7, 11) is 0. The lowest BCUT2D eigenvalue weighted by Crippen LogP contribution is -2.40. The third-order valence-electron chi connectivity index (χ3n) is 5.26. The number of carbonyl (C=O) groups is 1. The van der Waals surface area contributed by atoms with Crippen molar-refractivity contribution in [2.75, 3.05) is 4.31 Å². The van der Waals surface area contributed by atoms with Crippen molar-refractivity contribution in [3.8, 4) is 0 Å². The van der Waals surface area contributed by atoms with E-state index in [0.29, 0.717) is 17.9 Å². The number of allylic oxidation sites excluding steroid dienone is 4. The van der Waals surface area contributed by atoms with Gasteiger partial charge in [0.2, 0.25) is 0 Å². The molecule has 1 aliphatic heterocycles. The number of carboxylic acid groups (broad SMARTS) is 1. The van der Waals surface area contributed by atoms with E-state index in [9.17, 15) is 18.7 Å². The van der Waals surface area contributed by atoms with Crippen LogP contribution in [0.2, 0.25) is 0 Å². The Morgan fingerprint density at radius 3 is 2.72 bits per heavy atom. The molecule has 0 saturated carbocycles. The number of ether oxygens (including phenoxy) is 2. The summed E-state index contributed by atoms with van der Waals surface area (Å²) in [6.07, 6.45) is 10.6. The lowest BCUT2D eigenvalue weighted by atomic mass is 10.0. The van der Waals surface area contributed by atoms with Crippen LogP contribution >= 0.6 is 0 Å². The maximum Gasteiger partial charge on any atom is 0.305 e. The Hall–Kier alpha value is -3.36. The molecule has 32 heavy (non-hydrogen) atoms. The number of nitrogens with zero attached hydrogens (tertiary/aromatic N) is 1. The summed E-state index contributed by atoms with van der Waals surface area (Å²) in [4.78, 5) is 11.6. The molecule has 166 valence electrons. The van der Waals surface area contributed by atoms with Gasteiger partial charge in [-0.25, -0.2) is 0 Å². The predicted octanol–water partition coefficient (Wildman–Crippen LogP) is 4.68. The van der Waals surface area contributed by atoms with Crippen molar-refractivity contribution in [1.29, 1.82) is 0 Å². The van der Waals surface area contributed by atoms with Crippen LogP contribution in [-0.4, -0.2) is 25.9 Å². The predicted molar refractivity (Wildman–Crippen MR) is 121 cm³/mol.